The highest BCUT2D eigenvalue weighted by atomic mass is 35.5. The second-order valence-electron chi connectivity index (χ2n) is 2.71. The fraction of sp³-hybridized carbons (Fsp3) is 0.444. The first-order valence-electron chi connectivity index (χ1n) is 4.25. The summed E-state index contributed by atoms with van der Waals surface area (Å²) in [7, 11) is 0. The molecule has 0 bridgehead atoms. The zero-order valence-electron chi connectivity index (χ0n) is 7.33. The van der Waals surface area contributed by atoms with E-state index in [-0.39, 0.29) is 0 Å². The second-order valence-corrected chi connectivity index (χ2v) is 3.51. The molecule has 1 N–H and O–H groups in total. The standard InChI is InChI=1S/C9H13ClN2S/c10-9-8(3-1-5-12-9)7-11-4-2-6-13/h1,3,5,11,13H,2,4,6-7H2. The molecule has 0 unspecified atom stereocenters. The van der Waals surface area contributed by atoms with Crippen molar-refractivity contribution in [3.05, 3.63) is 29.0 Å². The minimum atomic E-state index is 0.584. The molecule has 0 amide bonds. The van der Waals surface area contributed by atoms with Crippen molar-refractivity contribution < 1.29 is 0 Å². The van der Waals surface area contributed by atoms with E-state index in [4.69, 9.17) is 11.6 Å². The molecule has 13 heavy (non-hydrogen) atoms. The molecule has 1 rings (SSSR count). The van der Waals surface area contributed by atoms with Crippen molar-refractivity contribution in [2.45, 2.75) is 13.0 Å². The van der Waals surface area contributed by atoms with E-state index in [0.717, 1.165) is 30.8 Å². The number of hydrogen-bond acceptors (Lipinski definition) is 3. The van der Waals surface area contributed by atoms with Crippen LogP contribution >= 0.6 is 24.2 Å². The maximum Gasteiger partial charge on any atom is 0.133 e. The number of halogens is 1. The van der Waals surface area contributed by atoms with E-state index in [1.165, 1.54) is 0 Å². The summed E-state index contributed by atoms with van der Waals surface area (Å²) in [4.78, 5) is 3.99. The normalized spacial score (nSPS) is 10.3. The average Bonchev–Trinajstić information content (AvgIpc) is 2.15. The lowest BCUT2D eigenvalue weighted by Gasteiger charge is -2.04. The Balaban J connectivity index is 2.32. The van der Waals surface area contributed by atoms with Crippen LogP contribution in [0.15, 0.2) is 18.3 Å². The topological polar surface area (TPSA) is 24.9 Å². The SMILES string of the molecule is SCCCNCc1cccnc1Cl. The van der Waals surface area contributed by atoms with Crippen molar-refractivity contribution in [1.82, 2.24) is 10.3 Å². The summed E-state index contributed by atoms with van der Waals surface area (Å²) in [6.07, 6.45) is 2.76. The number of pyridine rings is 1. The molecule has 0 aliphatic carbocycles. The van der Waals surface area contributed by atoms with E-state index in [1.807, 2.05) is 12.1 Å². The molecule has 0 aromatic carbocycles. The Morgan fingerprint density at radius 3 is 3.08 bits per heavy atom. The monoisotopic (exact) mass is 216 g/mol. The number of thiol groups is 1. The summed E-state index contributed by atoms with van der Waals surface area (Å²) in [6, 6.07) is 3.87. The maximum atomic E-state index is 5.87. The molecule has 4 heteroatoms. The van der Waals surface area contributed by atoms with Crippen LogP contribution < -0.4 is 5.32 Å². The van der Waals surface area contributed by atoms with E-state index in [0.29, 0.717) is 5.15 Å². The second kappa shape index (κ2) is 6.24. The highest BCUT2D eigenvalue weighted by Crippen LogP contribution is 2.10. The molecule has 0 saturated heterocycles. The van der Waals surface area contributed by atoms with Crippen LogP contribution in [0.1, 0.15) is 12.0 Å². The highest BCUT2D eigenvalue weighted by molar-refractivity contribution is 7.80. The lowest BCUT2D eigenvalue weighted by atomic mass is 10.3. The van der Waals surface area contributed by atoms with Gasteiger partial charge in [0.25, 0.3) is 0 Å². The van der Waals surface area contributed by atoms with Gasteiger partial charge in [-0.3, -0.25) is 0 Å². The minimum Gasteiger partial charge on any atom is -0.313 e. The van der Waals surface area contributed by atoms with Crippen LogP contribution in [0.2, 0.25) is 5.15 Å². The smallest absolute Gasteiger partial charge is 0.133 e. The molecule has 1 aromatic rings. The predicted octanol–water partition coefficient (Wildman–Crippen LogP) is 2.14. The molecular weight excluding hydrogens is 204 g/mol. The maximum absolute atomic E-state index is 5.87. The zero-order valence-corrected chi connectivity index (χ0v) is 8.98. The Morgan fingerprint density at radius 1 is 1.54 bits per heavy atom. The summed E-state index contributed by atoms with van der Waals surface area (Å²) in [5.41, 5.74) is 1.04. The summed E-state index contributed by atoms with van der Waals surface area (Å²) < 4.78 is 0. The third-order valence-corrected chi connectivity index (χ3v) is 2.32. The van der Waals surface area contributed by atoms with Gasteiger partial charge < -0.3 is 5.32 Å². The van der Waals surface area contributed by atoms with Crippen molar-refractivity contribution in [2.24, 2.45) is 0 Å². The van der Waals surface area contributed by atoms with Crippen LogP contribution in [0.3, 0.4) is 0 Å². The van der Waals surface area contributed by atoms with Gasteiger partial charge in [0.1, 0.15) is 5.15 Å². The van der Waals surface area contributed by atoms with Crippen LogP contribution in [0.5, 0.6) is 0 Å². The quantitative estimate of drug-likeness (QED) is 0.448. The fourth-order valence-corrected chi connectivity index (χ4v) is 1.32. The van der Waals surface area contributed by atoms with Gasteiger partial charge >= 0.3 is 0 Å². The molecule has 0 saturated carbocycles. The van der Waals surface area contributed by atoms with Crippen molar-refractivity contribution in [1.29, 1.82) is 0 Å². The van der Waals surface area contributed by atoms with Crippen LogP contribution in [-0.2, 0) is 6.54 Å². The van der Waals surface area contributed by atoms with Gasteiger partial charge in [-0.2, -0.15) is 12.6 Å². The van der Waals surface area contributed by atoms with Gasteiger partial charge in [0.05, 0.1) is 0 Å². The molecule has 0 aliphatic heterocycles. The first-order chi connectivity index (χ1) is 6.34. The lowest BCUT2D eigenvalue weighted by Crippen LogP contribution is -2.15. The first-order valence-corrected chi connectivity index (χ1v) is 5.26. The molecule has 72 valence electrons. The average molecular weight is 217 g/mol. The summed E-state index contributed by atoms with van der Waals surface area (Å²) in [5.74, 6) is 0.910. The molecule has 1 heterocycles. The van der Waals surface area contributed by atoms with E-state index < -0.39 is 0 Å². The number of hydrogen-bond donors (Lipinski definition) is 2. The van der Waals surface area contributed by atoms with E-state index in [2.05, 4.69) is 22.9 Å². The third kappa shape index (κ3) is 3.98. The third-order valence-electron chi connectivity index (χ3n) is 1.66. The molecule has 1 aromatic heterocycles. The lowest BCUT2D eigenvalue weighted by molar-refractivity contribution is 0.678. The minimum absolute atomic E-state index is 0.584. The van der Waals surface area contributed by atoms with Gasteiger partial charge in [-0.15, -0.1) is 0 Å². The van der Waals surface area contributed by atoms with E-state index >= 15 is 0 Å². The molecule has 0 radical (unpaired) electrons. The number of rotatable bonds is 5. The molecule has 0 aliphatic rings. The van der Waals surface area contributed by atoms with Crippen LogP contribution in [-0.4, -0.2) is 17.3 Å². The van der Waals surface area contributed by atoms with Crippen molar-refractivity contribution >= 4 is 24.2 Å². The van der Waals surface area contributed by atoms with Gasteiger partial charge in [0.15, 0.2) is 0 Å². The Bertz CT molecular complexity index is 255. The Kier molecular flexibility index (Phi) is 5.20. The largest absolute Gasteiger partial charge is 0.313 e. The van der Waals surface area contributed by atoms with Gasteiger partial charge in [-0.1, -0.05) is 17.7 Å². The highest BCUT2D eigenvalue weighted by Gasteiger charge is 1.98. The molecular formula is C9H13ClN2S. The van der Waals surface area contributed by atoms with Gasteiger partial charge in [-0.25, -0.2) is 4.98 Å². The molecule has 0 atom stereocenters. The molecule has 0 spiro atoms. The molecule has 0 fully saturated rings. The van der Waals surface area contributed by atoms with E-state index in [1.54, 1.807) is 6.20 Å². The fourth-order valence-electron chi connectivity index (χ4n) is 0.978. The van der Waals surface area contributed by atoms with Crippen molar-refractivity contribution in [3.8, 4) is 0 Å². The number of aromatic nitrogens is 1. The summed E-state index contributed by atoms with van der Waals surface area (Å²) in [6.45, 7) is 1.75. The van der Waals surface area contributed by atoms with Crippen molar-refractivity contribution in [2.75, 3.05) is 12.3 Å². The van der Waals surface area contributed by atoms with Gasteiger partial charge in [0, 0.05) is 18.3 Å². The zero-order chi connectivity index (χ0) is 9.52. The Labute approximate surface area is 89.1 Å². The number of nitrogens with one attached hydrogen (secondary N) is 1. The number of nitrogens with zero attached hydrogens (tertiary/aromatic N) is 1. The van der Waals surface area contributed by atoms with Crippen LogP contribution in [0, 0.1) is 0 Å². The van der Waals surface area contributed by atoms with Crippen molar-refractivity contribution in [3.63, 3.8) is 0 Å². The van der Waals surface area contributed by atoms with Gasteiger partial charge in [0.2, 0.25) is 0 Å². The predicted molar refractivity (Wildman–Crippen MR) is 59.4 cm³/mol. The Morgan fingerprint density at radius 2 is 2.38 bits per heavy atom. The van der Waals surface area contributed by atoms with E-state index in [9.17, 15) is 0 Å². The van der Waals surface area contributed by atoms with Gasteiger partial charge in [-0.05, 0) is 24.8 Å². The first kappa shape index (κ1) is 10.8. The summed E-state index contributed by atoms with van der Waals surface area (Å²) in [5, 5.41) is 3.85. The Hall–Kier alpha value is -0.250. The van der Waals surface area contributed by atoms with Crippen LogP contribution in [0.4, 0.5) is 0 Å². The summed E-state index contributed by atoms with van der Waals surface area (Å²) >= 11 is 9.99. The molecule has 2 nitrogen and oxygen atoms in total. The van der Waals surface area contributed by atoms with Crippen LogP contribution in [0.25, 0.3) is 0 Å².